The van der Waals surface area contributed by atoms with Crippen molar-refractivity contribution in [3.63, 3.8) is 0 Å². The molecular weight excluding hydrogens is 366 g/mol. The first-order chi connectivity index (χ1) is 13.0. The summed E-state index contributed by atoms with van der Waals surface area (Å²) in [5, 5.41) is 49.9. The minimum absolute atomic E-state index is 0.0602. The fraction of sp³-hybridized carbons (Fsp3) is 0.833. The van der Waals surface area contributed by atoms with E-state index in [2.05, 4.69) is 30.1 Å². The molecule has 8 atom stereocenters. The van der Waals surface area contributed by atoms with Crippen molar-refractivity contribution in [1.82, 2.24) is 0 Å². The van der Waals surface area contributed by atoms with Crippen LogP contribution in [0.5, 0.6) is 0 Å². The van der Waals surface area contributed by atoms with E-state index >= 15 is 0 Å². The van der Waals surface area contributed by atoms with Crippen LogP contribution >= 0.6 is 0 Å². The van der Waals surface area contributed by atoms with Gasteiger partial charge >= 0.3 is 0 Å². The van der Waals surface area contributed by atoms with Gasteiger partial charge in [-0.1, -0.05) is 15.3 Å². The SMILES string of the molecule is [N-]=[N+]=N[C@H]1[C@@H](O[C@H]2[C@H](O)[C@@H](O)[C@H](N=[N+]=[N-])C[C@@H]2N=[N+]=[N-])OC(CO)=C[C@@H]1O. The van der Waals surface area contributed by atoms with E-state index in [1.807, 2.05) is 0 Å². The number of rotatable bonds is 6. The maximum Gasteiger partial charge on any atom is 0.211 e. The van der Waals surface area contributed by atoms with Crippen LogP contribution in [0.4, 0.5) is 0 Å². The van der Waals surface area contributed by atoms with Crippen LogP contribution in [0.2, 0.25) is 0 Å². The molecule has 146 valence electrons. The van der Waals surface area contributed by atoms with Crippen molar-refractivity contribution in [2.45, 2.75) is 55.3 Å². The zero-order chi connectivity index (χ0) is 20.0. The lowest BCUT2D eigenvalue weighted by atomic mass is 9.84. The minimum atomic E-state index is -1.64. The normalized spacial score (nSPS) is 38.3. The predicted octanol–water partition coefficient (Wildman–Crippen LogP) is 0.127. The molecule has 15 nitrogen and oxygen atoms in total. The van der Waals surface area contributed by atoms with Gasteiger partial charge in [0.1, 0.15) is 24.5 Å². The van der Waals surface area contributed by atoms with Crippen molar-refractivity contribution in [2.75, 3.05) is 6.61 Å². The Bertz CT molecular complexity index is 714. The highest BCUT2D eigenvalue weighted by Crippen LogP contribution is 2.31. The molecule has 27 heavy (non-hydrogen) atoms. The summed E-state index contributed by atoms with van der Waals surface area (Å²) >= 11 is 0. The van der Waals surface area contributed by atoms with Gasteiger partial charge < -0.3 is 29.9 Å². The summed E-state index contributed by atoms with van der Waals surface area (Å²) in [6, 6.07) is -3.38. The average molecular weight is 383 g/mol. The molecule has 0 spiro atoms. The van der Waals surface area contributed by atoms with E-state index in [0.717, 1.165) is 6.08 Å². The number of aliphatic hydroxyl groups excluding tert-OH is 4. The van der Waals surface area contributed by atoms with Crippen molar-refractivity contribution in [3.8, 4) is 0 Å². The summed E-state index contributed by atoms with van der Waals surface area (Å²) in [6.45, 7) is -0.575. The van der Waals surface area contributed by atoms with E-state index in [1.165, 1.54) is 0 Å². The molecule has 1 saturated carbocycles. The van der Waals surface area contributed by atoms with E-state index in [-0.39, 0.29) is 12.2 Å². The van der Waals surface area contributed by atoms with Crippen LogP contribution in [0, 0.1) is 0 Å². The van der Waals surface area contributed by atoms with Gasteiger partial charge in [-0.2, -0.15) is 0 Å². The maximum atomic E-state index is 10.3. The Morgan fingerprint density at radius 1 is 1.04 bits per heavy atom. The summed E-state index contributed by atoms with van der Waals surface area (Å²) < 4.78 is 10.9. The van der Waals surface area contributed by atoms with Crippen LogP contribution < -0.4 is 0 Å². The molecule has 0 aromatic rings. The van der Waals surface area contributed by atoms with E-state index in [9.17, 15) is 20.4 Å². The second-order valence-corrected chi connectivity index (χ2v) is 5.83. The van der Waals surface area contributed by atoms with Gasteiger partial charge in [-0.3, -0.25) is 0 Å². The Balaban J connectivity index is 2.30. The molecule has 0 radical (unpaired) electrons. The first-order valence-corrected chi connectivity index (χ1v) is 7.77. The largest absolute Gasteiger partial charge is 0.466 e. The highest BCUT2D eigenvalue weighted by molar-refractivity contribution is 5.08. The summed E-state index contributed by atoms with van der Waals surface area (Å²) in [4.78, 5) is 7.82. The van der Waals surface area contributed by atoms with Crippen LogP contribution in [-0.4, -0.2) is 75.9 Å². The number of aliphatic hydroxyl groups is 4. The standard InChI is InChI=1S/C12H17N9O6/c13-19-16-5-2-6(17-20-14)11(10(25)9(5)24)27-12-8(18-21-15)7(23)1-4(3-22)26-12/h1,5-12,22-25H,2-3H2/t5-,6+,7+,8-,9+,10-,11-,12-/m1/s1. The number of ether oxygens (including phenoxy) is 2. The predicted molar refractivity (Wildman–Crippen MR) is 86.4 cm³/mol. The van der Waals surface area contributed by atoms with E-state index in [1.54, 1.807) is 0 Å². The van der Waals surface area contributed by atoms with E-state index in [0.29, 0.717) is 0 Å². The van der Waals surface area contributed by atoms with Gasteiger partial charge in [0.25, 0.3) is 0 Å². The van der Waals surface area contributed by atoms with Gasteiger partial charge in [-0.05, 0) is 29.1 Å². The lowest BCUT2D eigenvalue weighted by Crippen LogP contribution is -2.58. The third-order valence-electron chi connectivity index (χ3n) is 4.23. The molecule has 0 saturated heterocycles. The quantitative estimate of drug-likeness (QED) is 0.281. The van der Waals surface area contributed by atoms with Crippen LogP contribution in [-0.2, 0) is 9.47 Å². The van der Waals surface area contributed by atoms with Crippen LogP contribution in [0.25, 0.3) is 31.3 Å². The Morgan fingerprint density at radius 3 is 2.26 bits per heavy atom. The van der Waals surface area contributed by atoms with Gasteiger partial charge in [-0.15, -0.1) is 0 Å². The monoisotopic (exact) mass is 383 g/mol. The van der Waals surface area contributed by atoms with Gasteiger partial charge in [0, 0.05) is 14.7 Å². The van der Waals surface area contributed by atoms with Crippen molar-refractivity contribution >= 4 is 0 Å². The fourth-order valence-electron chi connectivity index (χ4n) is 2.95. The minimum Gasteiger partial charge on any atom is -0.466 e. The molecule has 0 aromatic carbocycles. The molecule has 0 amide bonds. The highest BCUT2D eigenvalue weighted by Gasteiger charge is 2.47. The molecule has 0 unspecified atom stereocenters. The van der Waals surface area contributed by atoms with Crippen molar-refractivity contribution in [1.29, 1.82) is 0 Å². The second-order valence-electron chi connectivity index (χ2n) is 5.83. The molecule has 0 aromatic heterocycles. The molecule has 15 heteroatoms. The van der Waals surface area contributed by atoms with Gasteiger partial charge in [0.15, 0.2) is 0 Å². The fourth-order valence-corrected chi connectivity index (χ4v) is 2.95. The Kier molecular flexibility index (Phi) is 7.07. The number of hydrogen-bond acceptors (Lipinski definition) is 9. The lowest BCUT2D eigenvalue weighted by molar-refractivity contribution is -0.225. The topological polar surface area (TPSA) is 246 Å². The summed E-state index contributed by atoms with van der Waals surface area (Å²) in [7, 11) is 0. The van der Waals surface area contributed by atoms with Gasteiger partial charge in [0.05, 0.1) is 30.4 Å². The molecule has 4 N–H and O–H groups in total. The Labute approximate surface area is 151 Å². The van der Waals surface area contributed by atoms with Crippen LogP contribution in [0.15, 0.2) is 27.2 Å². The molecule has 1 fully saturated rings. The third kappa shape index (κ3) is 4.52. The molecule has 0 bridgehead atoms. The first kappa shape index (κ1) is 20.6. The Hall–Kier alpha value is -2.73. The molecule has 2 rings (SSSR count). The first-order valence-electron chi connectivity index (χ1n) is 7.77. The van der Waals surface area contributed by atoms with Crippen LogP contribution in [0.1, 0.15) is 6.42 Å². The zero-order valence-electron chi connectivity index (χ0n) is 13.7. The average Bonchev–Trinajstić information content (AvgIpc) is 2.65. The number of hydrogen-bond donors (Lipinski definition) is 4. The van der Waals surface area contributed by atoms with Crippen molar-refractivity contribution < 1.29 is 29.9 Å². The summed E-state index contributed by atoms with van der Waals surface area (Å²) in [5.41, 5.74) is 26.0. The molecule has 2 aliphatic rings. The second kappa shape index (κ2) is 9.28. The molecule has 1 aliphatic heterocycles. The molecule has 1 heterocycles. The molecular formula is C12H17N9O6. The van der Waals surface area contributed by atoms with Crippen molar-refractivity contribution in [3.05, 3.63) is 43.2 Å². The summed E-state index contributed by atoms with van der Waals surface area (Å²) in [5.74, 6) is -0.0602. The van der Waals surface area contributed by atoms with Gasteiger partial charge in [-0.25, -0.2) is 0 Å². The maximum absolute atomic E-state index is 10.3. The Morgan fingerprint density at radius 2 is 1.67 bits per heavy atom. The van der Waals surface area contributed by atoms with Gasteiger partial charge in [0.2, 0.25) is 6.29 Å². The molecule has 1 aliphatic carbocycles. The summed E-state index contributed by atoms with van der Waals surface area (Å²) in [6.07, 6.45) is -6.26. The van der Waals surface area contributed by atoms with E-state index in [4.69, 9.17) is 26.1 Å². The zero-order valence-corrected chi connectivity index (χ0v) is 13.7. The third-order valence-corrected chi connectivity index (χ3v) is 4.23. The number of azide groups is 3. The smallest absolute Gasteiger partial charge is 0.211 e. The van der Waals surface area contributed by atoms with Crippen LogP contribution in [0.3, 0.4) is 0 Å². The number of nitrogens with zero attached hydrogens (tertiary/aromatic N) is 9. The van der Waals surface area contributed by atoms with Crippen molar-refractivity contribution in [2.24, 2.45) is 15.3 Å². The highest BCUT2D eigenvalue weighted by atomic mass is 16.7. The van der Waals surface area contributed by atoms with E-state index < -0.39 is 55.4 Å². The lowest BCUT2D eigenvalue weighted by Gasteiger charge is -2.42.